The highest BCUT2D eigenvalue weighted by Gasteiger charge is 2.14. The van der Waals surface area contributed by atoms with Crippen molar-refractivity contribution in [1.82, 2.24) is 0 Å². The lowest BCUT2D eigenvalue weighted by Crippen LogP contribution is -1.96. The average Bonchev–Trinajstić information content (AvgIpc) is 2.49. The van der Waals surface area contributed by atoms with Crippen LogP contribution >= 0.6 is 0 Å². The maximum absolute atomic E-state index is 2.26. The van der Waals surface area contributed by atoms with Gasteiger partial charge in [0.25, 0.3) is 0 Å². The largest absolute Gasteiger partial charge is 0.0616 e. The number of hydrogen-bond acceptors (Lipinski definition) is 0. The van der Waals surface area contributed by atoms with E-state index in [4.69, 9.17) is 0 Å². The molecular formula is C21H22. The third kappa shape index (κ3) is 2.06. The molecule has 0 radical (unpaired) electrons. The van der Waals surface area contributed by atoms with Gasteiger partial charge in [-0.1, -0.05) is 42.5 Å². The molecule has 0 aliphatic rings. The van der Waals surface area contributed by atoms with Gasteiger partial charge in [-0.15, -0.1) is 0 Å². The van der Waals surface area contributed by atoms with Crippen molar-refractivity contribution in [1.29, 1.82) is 0 Å². The van der Waals surface area contributed by atoms with Gasteiger partial charge >= 0.3 is 0 Å². The van der Waals surface area contributed by atoms with E-state index in [-0.39, 0.29) is 0 Å². The van der Waals surface area contributed by atoms with Crippen LogP contribution in [0.15, 0.2) is 42.5 Å². The van der Waals surface area contributed by atoms with Crippen LogP contribution in [0.1, 0.15) is 27.8 Å². The first-order chi connectivity index (χ1) is 10.0. The quantitative estimate of drug-likeness (QED) is 0.507. The van der Waals surface area contributed by atoms with E-state index < -0.39 is 0 Å². The Bertz CT molecular complexity index is 838. The minimum Gasteiger partial charge on any atom is -0.0616 e. The lowest BCUT2D eigenvalue weighted by atomic mass is 9.85. The summed E-state index contributed by atoms with van der Waals surface area (Å²) in [6, 6.07) is 15.4. The Morgan fingerprint density at radius 1 is 0.524 bits per heavy atom. The molecule has 3 aromatic carbocycles. The summed E-state index contributed by atoms with van der Waals surface area (Å²) in [5, 5.41) is 2.74. The van der Waals surface area contributed by atoms with E-state index in [0.29, 0.717) is 0 Å². The zero-order valence-electron chi connectivity index (χ0n) is 13.5. The van der Waals surface area contributed by atoms with Gasteiger partial charge in [-0.2, -0.15) is 0 Å². The first kappa shape index (κ1) is 13.9. The third-order valence-electron chi connectivity index (χ3n) is 4.97. The fraction of sp³-hybridized carbons (Fsp3) is 0.238. The van der Waals surface area contributed by atoms with E-state index in [0.717, 1.165) is 0 Å². The van der Waals surface area contributed by atoms with Crippen LogP contribution in [0.25, 0.3) is 21.9 Å². The van der Waals surface area contributed by atoms with E-state index >= 15 is 0 Å². The molecule has 0 spiro atoms. The Hall–Kier alpha value is -2.08. The molecule has 0 N–H and O–H groups in total. The Morgan fingerprint density at radius 2 is 1.19 bits per heavy atom. The highest BCUT2D eigenvalue weighted by Crippen LogP contribution is 2.38. The van der Waals surface area contributed by atoms with Gasteiger partial charge in [0.05, 0.1) is 0 Å². The topological polar surface area (TPSA) is 0 Å². The number of fused-ring (bicyclic) bond motifs is 1. The maximum atomic E-state index is 2.26. The molecule has 0 aliphatic heterocycles. The molecule has 0 amide bonds. The van der Waals surface area contributed by atoms with Crippen molar-refractivity contribution in [2.24, 2.45) is 0 Å². The second kappa shape index (κ2) is 5.04. The summed E-state index contributed by atoms with van der Waals surface area (Å²) in [4.78, 5) is 0. The Balaban J connectivity index is 2.51. The van der Waals surface area contributed by atoms with Crippen LogP contribution in [-0.2, 0) is 0 Å². The third-order valence-corrected chi connectivity index (χ3v) is 4.97. The maximum Gasteiger partial charge on any atom is -0.00705 e. The van der Waals surface area contributed by atoms with Gasteiger partial charge in [0, 0.05) is 0 Å². The average molecular weight is 274 g/mol. The predicted octanol–water partition coefficient (Wildman–Crippen LogP) is 6.05. The summed E-state index contributed by atoms with van der Waals surface area (Å²) in [6.45, 7) is 11.2. The highest BCUT2D eigenvalue weighted by molar-refractivity contribution is 6.01. The number of aryl methyl sites for hydroxylation is 2. The van der Waals surface area contributed by atoms with Crippen molar-refractivity contribution >= 4 is 10.8 Å². The second-order valence-electron chi connectivity index (χ2n) is 6.04. The van der Waals surface area contributed by atoms with Gasteiger partial charge in [-0.3, -0.25) is 0 Å². The normalized spacial score (nSPS) is 11.1. The molecular weight excluding hydrogens is 252 g/mol. The first-order valence-corrected chi connectivity index (χ1v) is 7.57. The first-order valence-electron chi connectivity index (χ1n) is 7.57. The summed E-state index contributed by atoms with van der Waals surface area (Å²) in [5.74, 6) is 0. The summed E-state index contributed by atoms with van der Waals surface area (Å²) in [5.41, 5.74) is 9.71. The monoisotopic (exact) mass is 274 g/mol. The van der Waals surface area contributed by atoms with Crippen molar-refractivity contribution in [2.45, 2.75) is 34.6 Å². The molecule has 0 heteroatoms. The van der Waals surface area contributed by atoms with Gasteiger partial charge < -0.3 is 0 Å². The molecule has 106 valence electrons. The van der Waals surface area contributed by atoms with Crippen LogP contribution in [0.4, 0.5) is 0 Å². The van der Waals surface area contributed by atoms with Crippen molar-refractivity contribution in [3.05, 3.63) is 70.3 Å². The number of rotatable bonds is 1. The smallest absolute Gasteiger partial charge is 0.00705 e. The molecule has 0 nitrogen and oxygen atoms in total. The highest BCUT2D eigenvalue weighted by atomic mass is 14.2. The van der Waals surface area contributed by atoms with Crippen molar-refractivity contribution in [3.63, 3.8) is 0 Å². The minimum absolute atomic E-state index is 1.36. The second-order valence-corrected chi connectivity index (χ2v) is 6.04. The molecule has 0 aromatic heterocycles. The molecule has 0 bridgehead atoms. The lowest BCUT2D eigenvalue weighted by molar-refractivity contribution is 1.28. The molecule has 0 aliphatic carbocycles. The standard InChI is InChI=1S/C21H22/c1-13-9-8-12-19(14(13)2)21-17(5)15(3)16(4)18-10-6-7-11-20(18)21/h6-12H,1-5H3. The summed E-state index contributed by atoms with van der Waals surface area (Å²) < 4.78 is 0. The van der Waals surface area contributed by atoms with Gasteiger partial charge in [0.1, 0.15) is 0 Å². The minimum atomic E-state index is 1.36. The van der Waals surface area contributed by atoms with E-state index in [2.05, 4.69) is 77.1 Å². The SMILES string of the molecule is Cc1cccc(-c2c(C)c(C)c(C)c3ccccc23)c1C. The zero-order chi connectivity index (χ0) is 15.1. The van der Waals surface area contributed by atoms with Crippen LogP contribution in [0.2, 0.25) is 0 Å². The molecule has 21 heavy (non-hydrogen) atoms. The Kier molecular flexibility index (Phi) is 3.33. The summed E-state index contributed by atoms with van der Waals surface area (Å²) in [7, 11) is 0. The van der Waals surface area contributed by atoms with Gasteiger partial charge in [-0.25, -0.2) is 0 Å². The van der Waals surface area contributed by atoms with Crippen molar-refractivity contribution in [3.8, 4) is 11.1 Å². The Labute approximate surface area is 127 Å². The molecule has 3 aromatic rings. The van der Waals surface area contributed by atoms with Crippen LogP contribution in [0, 0.1) is 34.6 Å². The molecule has 0 saturated carbocycles. The number of benzene rings is 3. The van der Waals surface area contributed by atoms with Crippen LogP contribution < -0.4 is 0 Å². The van der Waals surface area contributed by atoms with Crippen LogP contribution in [-0.4, -0.2) is 0 Å². The molecule has 0 atom stereocenters. The molecule has 0 saturated heterocycles. The van der Waals surface area contributed by atoms with Crippen molar-refractivity contribution in [2.75, 3.05) is 0 Å². The lowest BCUT2D eigenvalue weighted by Gasteiger charge is -2.19. The van der Waals surface area contributed by atoms with E-state index in [1.807, 2.05) is 0 Å². The zero-order valence-corrected chi connectivity index (χ0v) is 13.5. The van der Waals surface area contributed by atoms with E-state index in [1.54, 1.807) is 0 Å². The molecule has 0 unspecified atom stereocenters. The predicted molar refractivity (Wildman–Crippen MR) is 93.1 cm³/mol. The van der Waals surface area contributed by atoms with Crippen LogP contribution in [0.3, 0.4) is 0 Å². The fourth-order valence-corrected chi connectivity index (χ4v) is 3.27. The van der Waals surface area contributed by atoms with E-state index in [9.17, 15) is 0 Å². The summed E-state index contributed by atoms with van der Waals surface area (Å²) in [6.07, 6.45) is 0. The van der Waals surface area contributed by atoms with Gasteiger partial charge in [0.15, 0.2) is 0 Å². The molecule has 0 heterocycles. The van der Waals surface area contributed by atoms with E-state index in [1.165, 1.54) is 49.7 Å². The number of hydrogen-bond donors (Lipinski definition) is 0. The van der Waals surface area contributed by atoms with Crippen molar-refractivity contribution < 1.29 is 0 Å². The molecule has 0 fully saturated rings. The molecule has 3 rings (SSSR count). The summed E-state index contributed by atoms with van der Waals surface area (Å²) >= 11 is 0. The fourth-order valence-electron chi connectivity index (χ4n) is 3.27. The van der Waals surface area contributed by atoms with Gasteiger partial charge in [-0.05, 0) is 84.3 Å². The van der Waals surface area contributed by atoms with Gasteiger partial charge in [0.2, 0.25) is 0 Å². The van der Waals surface area contributed by atoms with Crippen LogP contribution in [0.5, 0.6) is 0 Å². The Morgan fingerprint density at radius 3 is 1.90 bits per heavy atom.